The van der Waals surface area contributed by atoms with E-state index in [1.54, 1.807) is 13.0 Å². The van der Waals surface area contributed by atoms with Crippen LogP contribution in [0, 0.1) is 0 Å². The maximum Gasteiger partial charge on any atom is 0.117 e. The van der Waals surface area contributed by atoms with Crippen molar-refractivity contribution < 1.29 is 14.9 Å². The van der Waals surface area contributed by atoms with E-state index in [9.17, 15) is 10.2 Å². The number of aliphatic hydroxyl groups excluding tert-OH is 2. The Labute approximate surface area is 58.9 Å². The first-order chi connectivity index (χ1) is 4.70. The Morgan fingerprint density at radius 3 is 2.80 bits per heavy atom. The van der Waals surface area contributed by atoms with Gasteiger partial charge in [-0.1, -0.05) is 6.08 Å². The normalized spacial score (nSPS) is 51.7. The summed E-state index contributed by atoms with van der Waals surface area (Å²) in [6.45, 7) is 1.80. The molecule has 4 atom stereocenters. The summed E-state index contributed by atoms with van der Waals surface area (Å²) in [6, 6.07) is 0. The highest BCUT2D eigenvalue weighted by molar-refractivity contribution is 5.22. The van der Waals surface area contributed by atoms with Crippen LogP contribution in [0.5, 0.6) is 0 Å². The Bertz CT molecular complexity index is 187. The molecule has 0 amide bonds. The standard InChI is InChI=1S/C7H10O3/c1-3-2-4(8)6-7(10-6)5(3)9/h2,4-9H,1H3/t4-,5-,6+,7-/m0/s1. The summed E-state index contributed by atoms with van der Waals surface area (Å²) < 4.78 is 5.02. The van der Waals surface area contributed by atoms with Gasteiger partial charge >= 0.3 is 0 Å². The summed E-state index contributed by atoms with van der Waals surface area (Å²) in [5, 5.41) is 18.5. The molecule has 1 heterocycles. The average Bonchev–Trinajstić information content (AvgIpc) is 2.61. The van der Waals surface area contributed by atoms with E-state index >= 15 is 0 Å². The third kappa shape index (κ3) is 0.714. The molecule has 0 unspecified atom stereocenters. The number of hydrogen-bond acceptors (Lipinski definition) is 3. The number of rotatable bonds is 0. The van der Waals surface area contributed by atoms with Crippen molar-refractivity contribution in [2.45, 2.75) is 31.3 Å². The minimum absolute atomic E-state index is 0.139. The van der Waals surface area contributed by atoms with E-state index in [0.29, 0.717) is 0 Å². The highest BCUT2D eigenvalue weighted by Crippen LogP contribution is 2.36. The predicted octanol–water partition coefficient (Wildman–Crippen LogP) is -0.565. The van der Waals surface area contributed by atoms with Crippen molar-refractivity contribution in [3.05, 3.63) is 11.6 Å². The van der Waals surface area contributed by atoms with Crippen LogP contribution in [0.1, 0.15) is 6.92 Å². The van der Waals surface area contributed by atoms with Gasteiger partial charge in [0.2, 0.25) is 0 Å². The van der Waals surface area contributed by atoms with Crippen LogP contribution in [0.4, 0.5) is 0 Å². The summed E-state index contributed by atoms with van der Waals surface area (Å²) in [5.74, 6) is 0. The Morgan fingerprint density at radius 1 is 1.40 bits per heavy atom. The van der Waals surface area contributed by atoms with E-state index in [0.717, 1.165) is 5.57 Å². The lowest BCUT2D eigenvalue weighted by Crippen LogP contribution is -2.29. The molecular formula is C7H10O3. The van der Waals surface area contributed by atoms with E-state index in [4.69, 9.17) is 4.74 Å². The topological polar surface area (TPSA) is 53.0 Å². The fourth-order valence-corrected chi connectivity index (χ4v) is 1.39. The van der Waals surface area contributed by atoms with Gasteiger partial charge in [-0.2, -0.15) is 0 Å². The lowest BCUT2D eigenvalue weighted by molar-refractivity contribution is 0.163. The van der Waals surface area contributed by atoms with Gasteiger partial charge in [0.1, 0.15) is 24.4 Å². The van der Waals surface area contributed by atoms with Crippen LogP contribution in [0.25, 0.3) is 0 Å². The molecule has 3 heteroatoms. The van der Waals surface area contributed by atoms with Crippen LogP contribution in [0.3, 0.4) is 0 Å². The van der Waals surface area contributed by atoms with Gasteiger partial charge in [-0.05, 0) is 12.5 Å². The Hall–Kier alpha value is -0.380. The van der Waals surface area contributed by atoms with E-state index in [1.807, 2.05) is 0 Å². The lowest BCUT2D eigenvalue weighted by Gasteiger charge is -2.15. The van der Waals surface area contributed by atoms with E-state index in [1.165, 1.54) is 0 Å². The summed E-state index contributed by atoms with van der Waals surface area (Å²) in [7, 11) is 0. The van der Waals surface area contributed by atoms with Gasteiger partial charge in [0, 0.05) is 0 Å². The van der Waals surface area contributed by atoms with Gasteiger partial charge < -0.3 is 14.9 Å². The van der Waals surface area contributed by atoms with Gasteiger partial charge in [0.15, 0.2) is 0 Å². The Balaban J connectivity index is 2.22. The molecule has 1 aliphatic carbocycles. The number of aliphatic hydroxyl groups is 2. The second kappa shape index (κ2) is 1.81. The molecule has 3 nitrogen and oxygen atoms in total. The minimum atomic E-state index is -0.506. The van der Waals surface area contributed by atoms with Crippen molar-refractivity contribution in [1.82, 2.24) is 0 Å². The van der Waals surface area contributed by atoms with Gasteiger partial charge in [-0.3, -0.25) is 0 Å². The fraction of sp³-hybridized carbons (Fsp3) is 0.714. The Kier molecular flexibility index (Phi) is 1.15. The quantitative estimate of drug-likeness (QED) is 0.352. The third-order valence-electron chi connectivity index (χ3n) is 2.11. The fourth-order valence-electron chi connectivity index (χ4n) is 1.39. The van der Waals surface area contributed by atoms with E-state index in [2.05, 4.69) is 0 Å². The van der Waals surface area contributed by atoms with Crippen molar-refractivity contribution >= 4 is 0 Å². The molecule has 0 saturated carbocycles. The van der Waals surface area contributed by atoms with Crippen LogP contribution in [-0.2, 0) is 4.74 Å². The average molecular weight is 142 g/mol. The maximum atomic E-state index is 9.30. The van der Waals surface area contributed by atoms with Gasteiger partial charge in [-0.15, -0.1) is 0 Å². The summed E-state index contributed by atoms with van der Waals surface area (Å²) >= 11 is 0. The molecule has 1 aliphatic heterocycles. The molecule has 0 aromatic carbocycles. The maximum absolute atomic E-state index is 9.30. The predicted molar refractivity (Wildman–Crippen MR) is 34.4 cm³/mol. The molecule has 0 radical (unpaired) electrons. The molecule has 0 spiro atoms. The largest absolute Gasteiger partial charge is 0.386 e. The van der Waals surface area contributed by atoms with Crippen molar-refractivity contribution in [3.63, 3.8) is 0 Å². The molecule has 2 N–H and O–H groups in total. The van der Waals surface area contributed by atoms with Crippen molar-refractivity contribution in [1.29, 1.82) is 0 Å². The van der Waals surface area contributed by atoms with Crippen molar-refractivity contribution in [2.24, 2.45) is 0 Å². The first-order valence-corrected chi connectivity index (χ1v) is 3.40. The zero-order valence-corrected chi connectivity index (χ0v) is 5.69. The zero-order valence-electron chi connectivity index (χ0n) is 5.69. The smallest absolute Gasteiger partial charge is 0.117 e. The highest BCUT2D eigenvalue weighted by Gasteiger charge is 2.51. The highest BCUT2D eigenvalue weighted by atomic mass is 16.6. The van der Waals surface area contributed by atoms with Crippen LogP contribution in [-0.4, -0.2) is 34.6 Å². The van der Waals surface area contributed by atoms with E-state index < -0.39 is 12.2 Å². The summed E-state index contributed by atoms with van der Waals surface area (Å²) in [4.78, 5) is 0. The summed E-state index contributed by atoms with van der Waals surface area (Å²) in [6.07, 6.45) is 0.374. The van der Waals surface area contributed by atoms with Crippen LogP contribution in [0.2, 0.25) is 0 Å². The molecule has 1 saturated heterocycles. The number of hydrogen-bond donors (Lipinski definition) is 2. The minimum Gasteiger partial charge on any atom is -0.386 e. The second-order valence-electron chi connectivity index (χ2n) is 2.91. The molecular weight excluding hydrogens is 132 g/mol. The number of ether oxygens (including phenoxy) is 1. The first kappa shape index (κ1) is 6.34. The van der Waals surface area contributed by atoms with Gasteiger partial charge in [-0.25, -0.2) is 0 Å². The van der Waals surface area contributed by atoms with Crippen LogP contribution >= 0.6 is 0 Å². The monoisotopic (exact) mass is 142 g/mol. The van der Waals surface area contributed by atoms with Crippen molar-refractivity contribution in [3.8, 4) is 0 Å². The molecule has 0 aromatic heterocycles. The number of epoxide rings is 1. The van der Waals surface area contributed by atoms with Gasteiger partial charge in [0.25, 0.3) is 0 Å². The van der Waals surface area contributed by atoms with Crippen molar-refractivity contribution in [2.75, 3.05) is 0 Å². The third-order valence-corrected chi connectivity index (χ3v) is 2.11. The number of fused-ring (bicyclic) bond motifs is 1. The molecule has 10 heavy (non-hydrogen) atoms. The lowest BCUT2D eigenvalue weighted by atomic mass is 9.96. The molecule has 2 rings (SSSR count). The first-order valence-electron chi connectivity index (χ1n) is 3.40. The Morgan fingerprint density at radius 2 is 2.10 bits per heavy atom. The molecule has 1 fully saturated rings. The van der Waals surface area contributed by atoms with Crippen LogP contribution in [0.15, 0.2) is 11.6 Å². The van der Waals surface area contributed by atoms with Crippen LogP contribution < -0.4 is 0 Å². The zero-order chi connectivity index (χ0) is 7.30. The molecule has 2 aliphatic rings. The van der Waals surface area contributed by atoms with Gasteiger partial charge in [0.05, 0.1) is 0 Å². The van der Waals surface area contributed by atoms with E-state index in [-0.39, 0.29) is 12.2 Å². The molecule has 0 aromatic rings. The summed E-state index contributed by atoms with van der Waals surface area (Å²) in [5.41, 5.74) is 0.811. The molecule has 56 valence electrons. The second-order valence-corrected chi connectivity index (χ2v) is 2.91. The molecule has 0 bridgehead atoms. The SMILES string of the molecule is CC1=C[C@H](O)[C@H]2O[C@H]2[C@H]1O.